The van der Waals surface area contributed by atoms with Crippen LogP contribution in [-0.2, 0) is 4.79 Å². The van der Waals surface area contributed by atoms with Crippen molar-refractivity contribution in [3.05, 3.63) is 0 Å². The Bertz CT molecular complexity index is 139. The van der Waals surface area contributed by atoms with Gasteiger partial charge in [-0.05, 0) is 0 Å². The molecule has 0 aliphatic heterocycles. The molecule has 0 spiro atoms. The lowest BCUT2D eigenvalue weighted by Crippen LogP contribution is -2.49. The first kappa shape index (κ1) is 10.3. The van der Waals surface area contributed by atoms with Crippen molar-refractivity contribution in [2.45, 2.75) is 18.2 Å². The summed E-state index contributed by atoms with van der Waals surface area (Å²) < 4.78 is 0. The van der Waals surface area contributed by atoms with Gasteiger partial charge < -0.3 is 26.2 Å². The van der Waals surface area contributed by atoms with Gasteiger partial charge in [-0.25, -0.2) is 0 Å². The number of aliphatic carboxylic acids is 1. The minimum absolute atomic E-state index is 0.720. The summed E-state index contributed by atoms with van der Waals surface area (Å²) in [6.07, 6.45) is -3.15. The summed E-state index contributed by atoms with van der Waals surface area (Å²) in [7, 11) is 0. The molecule has 0 saturated carbocycles. The molecule has 0 heterocycles. The third kappa shape index (κ3) is 2.81. The molecule has 0 saturated heterocycles. The van der Waals surface area contributed by atoms with Crippen LogP contribution >= 0.6 is 0 Å². The van der Waals surface area contributed by atoms with Gasteiger partial charge in [0.15, 0.2) is 0 Å². The Kier molecular flexibility index (Phi) is 3.98. The van der Waals surface area contributed by atoms with Gasteiger partial charge in [-0.3, -0.25) is 4.79 Å². The lowest BCUT2D eigenvalue weighted by atomic mass is 10.1. The Morgan fingerprint density at radius 3 is 2.18 bits per heavy atom. The highest BCUT2D eigenvalue weighted by atomic mass is 16.4. The standard InChI is InChI=1S/C5H11NO5/c6-3(5(10)11)4(9)2(8)1-7/h2-4,7-9H,1,6H2,(H,10,11)/t2-,3+,4-/m0/s1. The zero-order valence-electron chi connectivity index (χ0n) is 5.71. The van der Waals surface area contributed by atoms with Crippen molar-refractivity contribution < 1.29 is 25.2 Å². The van der Waals surface area contributed by atoms with Crippen LogP contribution in [0, 0.1) is 0 Å². The van der Waals surface area contributed by atoms with E-state index in [0.29, 0.717) is 0 Å². The molecule has 0 radical (unpaired) electrons. The van der Waals surface area contributed by atoms with Crippen LogP contribution in [0.2, 0.25) is 0 Å². The van der Waals surface area contributed by atoms with Gasteiger partial charge in [-0.2, -0.15) is 0 Å². The Morgan fingerprint density at radius 2 is 1.91 bits per heavy atom. The highest BCUT2D eigenvalue weighted by Crippen LogP contribution is 1.97. The Morgan fingerprint density at radius 1 is 1.45 bits per heavy atom. The molecule has 0 amide bonds. The molecular formula is C5H11NO5. The molecular weight excluding hydrogens is 154 g/mol. The summed E-state index contributed by atoms with van der Waals surface area (Å²) in [5.74, 6) is -1.43. The second kappa shape index (κ2) is 4.24. The van der Waals surface area contributed by atoms with E-state index < -0.39 is 30.8 Å². The SMILES string of the molecule is N[C@@H](C(=O)O)[C@@H](O)[C@@H](O)CO. The van der Waals surface area contributed by atoms with E-state index in [9.17, 15) is 4.79 Å². The first-order valence-corrected chi connectivity index (χ1v) is 2.96. The van der Waals surface area contributed by atoms with Gasteiger partial charge in [0.05, 0.1) is 6.61 Å². The van der Waals surface area contributed by atoms with Crippen LogP contribution in [-0.4, -0.2) is 51.3 Å². The van der Waals surface area contributed by atoms with E-state index in [1.165, 1.54) is 0 Å². The minimum atomic E-state index is -1.64. The van der Waals surface area contributed by atoms with E-state index in [1.54, 1.807) is 0 Å². The molecule has 6 N–H and O–H groups in total. The van der Waals surface area contributed by atoms with Gasteiger partial charge in [0, 0.05) is 0 Å². The maximum Gasteiger partial charge on any atom is 0.323 e. The van der Waals surface area contributed by atoms with Crippen LogP contribution in [0.1, 0.15) is 0 Å². The molecule has 11 heavy (non-hydrogen) atoms. The molecule has 0 bridgehead atoms. The fourth-order valence-corrected chi connectivity index (χ4v) is 0.493. The van der Waals surface area contributed by atoms with Crippen molar-refractivity contribution in [3.63, 3.8) is 0 Å². The van der Waals surface area contributed by atoms with E-state index in [4.69, 9.17) is 26.2 Å². The Hall–Kier alpha value is -0.690. The molecule has 0 aromatic heterocycles. The van der Waals surface area contributed by atoms with Crippen LogP contribution in [0.15, 0.2) is 0 Å². The lowest BCUT2D eigenvalue weighted by Gasteiger charge is -2.18. The van der Waals surface area contributed by atoms with Crippen molar-refractivity contribution in [2.75, 3.05) is 6.61 Å². The van der Waals surface area contributed by atoms with Gasteiger partial charge in [0.2, 0.25) is 0 Å². The number of aliphatic hydroxyl groups excluding tert-OH is 3. The van der Waals surface area contributed by atoms with E-state index in [1.807, 2.05) is 0 Å². The summed E-state index contributed by atoms with van der Waals surface area (Å²) >= 11 is 0. The van der Waals surface area contributed by atoms with Crippen molar-refractivity contribution in [1.82, 2.24) is 0 Å². The quantitative estimate of drug-likeness (QED) is 0.304. The van der Waals surface area contributed by atoms with Crippen molar-refractivity contribution >= 4 is 5.97 Å². The maximum atomic E-state index is 10.1. The first-order chi connectivity index (χ1) is 5.00. The van der Waals surface area contributed by atoms with Crippen molar-refractivity contribution in [2.24, 2.45) is 5.73 Å². The molecule has 0 aromatic carbocycles. The molecule has 0 fully saturated rings. The predicted octanol–water partition coefficient (Wildman–Crippen LogP) is -2.89. The normalized spacial score (nSPS) is 18.9. The number of hydrogen-bond acceptors (Lipinski definition) is 5. The smallest absolute Gasteiger partial charge is 0.323 e. The topological polar surface area (TPSA) is 124 Å². The van der Waals surface area contributed by atoms with Crippen molar-refractivity contribution in [3.8, 4) is 0 Å². The zero-order valence-corrected chi connectivity index (χ0v) is 5.71. The summed E-state index contributed by atoms with van der Waals surface area (Å²) in [6, 6.07) is -1.57. The van der Waals surface area contributed by atoms with Crippen LogP contribution < -0.4 is 5.73 Å². The van der Waals surface area contributed by atoms with Crippen LogP contribution in [0.25, 0.3) is 0 Å². The monoisotopic (exact) mass is 165 g/mol. The average Bonchev–Trinajstić information content (AvgIpc) is 2.00. The molecule has 6 nitrogen and oxygen atoms in total. The van der Waals surface area contributed by atoms with E-state index in [0.717, 1.165) is 0 Å². The van der Waals surface area contributed by atoms with Crippen LogP contribution in [0.5, 0.6) is 0 Å². The molecule has 66 valence electrons. The van der Waals surface area contributed by atoms with Gasteiger partial charge in [-0.15, -0.1) is 0 Å². The second-order valence-corrected chi connectivity index (χ2v) is 2.10. The third-order valence-corrected chi connectivity index (χ3v) is 1.23. The fourth-order valence-electron chi connectivity index (χ4n) is 0.493. The third-order valence-electron chi connectivity index (χ3n) is 1.23. The minimum Gasteiger partial charge on any atom is -0.480 e. The van der Waals surface area contributed by atoms with E-state index in [-0.39, 0.29) is 0 Å². The molecule has 0 rings (SSSR count). The number of aliphatic hydroxyl groups is 3. The van der Waals surface area contributed by atoms with Gasteiger partial charge in [0.1, 0.15) is 18.2 Å². The zero-order chi connectivity index (χ0) is 9.02. The average molecular weight is 165 g/mol. The highest BCUT2D eigenvalue weighted by Gasteiger charge is 2.27. The Labute approximate surface area is 62.9 Å². The lowest BCUT2D eigenvalue weighted by molar-refractivity contribution is -0.144. The second-order valence-electron chi connectivity index (χ2n) is 2.10. The van der Waals surface area contributed by atoms with E-state index in [2.05, 4.69) is 0 Å². The molecule has 3 atom stereocenters. The number of carboxylic acid groups (broad SMARTS) is 1. The fraction of sp³-hybridized carbons (Fsp3) is 0.800. The van der Waals surface area contributed by atoms with E-state index >= 15 is 0 Å². The largest absolute Gasteiger partial charge is 0.480 e. The number of carboxylic acids is 1. The van der Waals surface area contributed by atoms with Crippen molar-refractivity contribution in [1.29, 1.82) is 0 Å². The summed E-state index contributed by atoms with van der Waals surface area (Å²) in [6.45, 7) is -0.720. The van der Waals surface area contributed by atoms with Crippen LogP contribution in [0.4, 0.5) is 0 Å². The molecule has 6 heteroatoms. The number of rotatable bonds is 4. The van der Waals surface area contributed by atoms with Gasteiger partial charge in [0.25, 0.3) is 0 Å². The molecule has 0 aromatic rings. The van der Waals surface area contributed by atoms with Gasteiger partial charge in [-0.1, -0.05) is 0 Å². The van der Waals surface area contributed by atoms with Crippen LogP contribution in [0.3, 0.4) is 0 Å². The first-order valence-electron chi connectivity index (χ1n) is 2.96. The Balaban J connectivity index is 4.00. The highest BCUT2D eigenvalue weighted by molar-refractivity contribution is 5.73. The summed E-state index contributed by atoms with van der Waals surface area (Å²) in [5.41, 5.74) is 4.92. The molecule has 0 unspecified atom stereocenters. The molecule has 0 aliphatic carbocycles. The maximum absolute atomic E-state index is 10.1. The number of carbonyl (C=O) groups is 1. The molecule has 0 aliphatic rings. The summed E-state index contributed by atoms with van der Waals surface area (Å²) in [5, 5.41) is 34.0. The summed E-state index contributed by atoms with van der Waals surface area (Å²) in [4.78, 5) is 10.1. The van der Waals surface area contributed by atoms with Gasteiger partial charge >= 0.3 is 5.97 Å². The number of hydrogen-bond donors (Lipinski definition) is 5. The predicted molar refractivity (Wildman–Crippen MR) is 34.7 cm³/mol. The number of nitrogens with two attached hydrogens (primary N) is 1.